The summed E-state index contributed by atoms with van der Waals surface area (Å²) in [6.45, 7) is 3.19. The normalized spacial score (nSPS) is 9.81. The number of unbranched alkanes of at least 4 members (excludes halogenated alkanes) is 3. The summed E-state index contributed by atoms with van der Waals surface area (Å²) in [5, 5.41) is 5.32. The van der Waals surface area contributed by atoms with Gasteiger partial charge in [-0.1, -0.05) is 43.2 Å². The van der Waals surface area contributed by atoms with Crippen LogP contribution in [0.4, 0.5) is 14.4 Å². The van der Waals surface area contributed by atoms with E-state index >= 15 is 0 Å². The second kappa shape index (κ2) is 14.2. The minimum atomic E-state index is -0.706. The Morgan fingerprint density at radius 3 is 2.15 bits per heavy atom. The van der Waals surface area contributed by atoms with E-state index in [4.69, 9.17) is 4.74 Å². The van der Waals surface area contributed by atoms with E-state index in [2.05, 4.69) is 26.2 Å². The molecule has 0 heterocycles. The number of benzene rings is 1. The molecule has 0 spiro atoms. The van der Waals surface area contributed by atoms with Crippen molar-refractivity contribution in [3.8, 4) is 0 Å². The average Bonchev–Trinajstić information content (AvgIpc) is 2.68. The second-order valence-electron chi connectivity index (χ2n) is 5.63. The highest BCUT2D eigenvalue weighted by Gasteiger charge is 2.04. The molecule has 0 aliphatic heterocycles. The maximum Gasteiger partial charge on any atom is 0.426 e. The van der Waals surface area contributed by atoms with E-state index in [1.165, 1.54) is 0 Å². The highest BCUT2D eigenvalue weighted by atomic mass is 16.6. The molecule has 4 N–H and O–H groups in total. The number of nitrogens with one attached hydrogen (secondary N) is 4. The van der Waals surface area contributed by atoms with E-state index in [-0.39, 0.29) is 13.2 Å². The Balaban J connectivity index is 1.90. The van der Waals surface area contributed by atoms with E-state index in [0.29, 0.717) is 13.1 Å². The number of urea groups is 1. The molecule has 0 saturated heterocycles. The SMILES string of the molecule is CCOC(=O)NNC(=O)NCCCCCCNC(=O)OCc1ccccc1. The first-order valence-electron chi connectivity index (χ1n) is 9.03. The van der Waals surface area contributed by atoms with Gasteiger partial charge in [-0.2, -0.15) is 0 Å². The summed E-state index contributed by atoms with van der Waals surface area (Å²) >= 11 is 0. The van der Waals surface area contributed by atoms with Crippen molar-refractivity contribution in [3.63, 3.8) is 0 Å². The molecule has 0 radical (unpaired) electrons. The summed E-state index contributed by atoms with van der Waals surface area (Å²) in [6.07, 6.45) is 2.33. The molecule has 1 aromatic rings. The zero-order chi connectivity index (χ0) is 19.7. The number of hydrazine groups is 1. The van der Waals surface area contributed by atoms with E-state index in [1.807, 2.05) is 30.3 Å². The van der Waals surface area contributed by atoms with Crippen LogP contribution in [0.1, 0.15) is 38.2 Å². The minimum Gasteiger partial charge on any atom is -0.449 e. The summed E-state index contributed by atoms with van der Waals surface area (Å²) in [5.41, 5.74) is 5.23. The third-order valence-corrected chi connectivity index (χ3v) is 3.42. The molecule has 0 fully saturated rings. The lowest BCUT2D eigenvalue weighted by Crippen LogP contribution is -2.47. The molecule has 0 atom stereocenters. The van der Waals surface area contributed by atoms with Crippen molar-refractivity contribution in [2.45, 2.75) is 39.2 Å². The first-order valence-corrected chi connectivity index (χ1v) is 9.03. The van der Waals surface area contributed by atoms with Crippen molar-refractivity contribution in [1.82, 2.24) is 21.5 Å². The number of alkyl carbamates (subject to hydrolysis) is 1. The van der Waals surface area contributed by atoms with Gasteiger partial charge in [0.25, 0.3) is 0 Å². The molecule has 4 amide bonds. The highest BCUT2D eigenvalue weighted by Crippen LogP contribution is 2.01. The average molecular weight is 380 g/mol. The minimum absolute atomic E-state index is 0.231. The zero-order valence-electron chi connectivity index (χ0n) is 15.6. The summed E-state index contributed by atoms with van der Waals surface area (Å²) in [7, 11) is 0. The van der Waals surface area contributed by atoms with Crippen LogP contribution in [-0.2, 0) is 16.1 Å². The van der Waals surface area contributed by atoms with Crippen LogP contribution in [0.25, 0.3) is 0 Å². The third kappa shape index (κ3) is 12.1. The Kier molecular flexibility index (Phi) is 11.6. The maximum atomic E-state index is 11.6. The lowest BCUT2D eigenvalue weighted by Gasteiger charge is -2.09. The summed E-state index contributed by atoms with van der Waals surface area (Å²) in [5.74, 6) is 0. The largest absolute Gasteiger partial charge is 0.449 e. The molecule has 9 nitrogen and oxygen atoms in total. The van der Waals surface area contributed by atoms with Crippen molar-refractivity contribution < 1.29 is 23.9 Å². The molecule has 9 heteroatoms. The molecule has 0 saturated carbocycles. The molecule has 1 rings (SSSR count). The van der Waals surface area contributed by atoms with Gasteiger partial charge in [0, 0.05) is 13.1 Å². The Morgan fingerprint density at radius 2 is 1.48 bits per heavy atom. The maximum absolute atomic E-state index is 11.6. The molecular weight excluding hydrogens is 352 g/mol. The first kappa shape index (κ1) is 22.1. The molecule has 0 aromatic heterocycles. The standard InChI is InChI=1S/C18H28N4O5/c1-2-26-18(25)22-21-16(23)19-12-8-3-4-9-13-20-17(24)27-14-15-10-6-5-7-11-15/h5-7,10-11H,2-4,8-9,12-14H2,1H3,(H,20,24)(H,22,25)(H2,19,21,23). The summed E-state index contributed by atoms with van der Waals surface area (Å²) in [4.78, 5) is 33.9. The van der Waals surface area contributed by atoms with E-state index in [1.54, 1.807) is 6.92 Å². The van der Waals surface area contributed by atoms with Gasteiger partial charge in [-0.15, -0.1) is 0 Å². The second-order valence-corrected chi connectivity index (χ2v) is 5.63. The summed E-state index contributed by atoms with van der Waals surface area (Å²) < 4.78 is 9.71. The van der Waals surface area contributed by atoms with Gasteiger partial charge in [-0.05, 0) is 25.3 Å². The topological polar surface area (TPSA) is 118 Å². The van der Waals surface area contributed by atoms with Gasteiger partial charge in [0.1, 0.15) is 6.61 Å². The van der Waals surface area contributed by atoms with Gasteiger partial charge in [0.05, 0.1) is 6.61 Å². The van der Waals surface area contributed by atoms with Gasteiger partial charge in [0.15, 0.2) is 0 Å². The Hall–Kier alpha value is -2.97. The van der Waals surface area contributed by atoms with Gasteiger partial charge in [-0.3, -0.25) is 0 Å². The van der Waals surface area contributed by atoms with Crippen LogP contribution in [-0.4, -0.2) is 37.9 Å². The van der Waals surface area contributed by atoms with Crippen LogP contribution in [0.15, 0.2) is 30.3 Å². The Labute approximate surface area is 159 Å². The van der Waals surface area contributed by atoms with Crippen molar-refractivity contribution in [3.05, 3.63) is 35.9 Å². The van der Waals surface area contributed by atoms with Crippen molar-refractivity contribution in [2.75, 3.05) is 19.7 Å². The molecule has 0 aliphatic carbocycles. The van der Waals surface area contributed by atoms with Gasteiger partial charge in [0.2, 0.25) is 0 Å². The number of rotatable bonds is 10. The smallest absolute Gasteiger partial charge is 0.426 e. The van der Waals surface area contributed by atoms with Crippen LogP contribution in [0.2, 0.25) is 0 Å². The van der Waals surface area contributed by atoms with Crippen LogP contribution < -0.4 is 21.5 Å². The lowest BCUT2D eigenvalue weighted by atomic mass is 10.2. The quantitative estimate of drug-likeness (QED) is 0.367. The predicted molar refractivity (Wildman–Crippen MR) is 99.8 cm³/mol. The molecule has 0 aliphatic rings. The number of hydrogen-bond acceptors (Lipinski definition) is 5. The lowest BCUT2D eigenvalue weighted by molar-refractivity contribution is 0.139. The van der Waals surface area contributed by atoms with E-state index < -0.39 is 18.2 Å². The fourth-order valence-corrected chi connectivity index (χ4v) is 2.09. The number of carbonyl (C=O) groups excluding carboxylic acids is 3. The molecule has 1 aromatic carbocycles. The van der Waals surface area contributed by atoms with E-state index in [0.717, 1.165) is 31.2 Å². The predicted octanol–water partition coefficient (Wildman–Crippen LogP) is 2.43. The fourth-order valence-electron chi connectivity index (χ4n) is 2.09. The van der Waals surface area contributed by atoms with Crippen LogP contribution in [0.5, 0.6) is 0 Å². The Morgan fingerprint density at radius 1 is 0.815 bits per heavy atom. The highest BCUT2D eigenvalue weighted by molar-refractivity contribution is 5.77. The first-order chi connectivity index (χ1) is 13.1. The monoisotopic (exact) mass is 380 g/mol. The van der Waals surface area contributed by atoms with Gasteiger partial charge >= 0.3 is 18.2 Å². The number of hydrogen-bond donors (Lipinski definition) is 4. The number of ether oxygens (including phenoxy) is 2. The molecular formula is C18H28N4O5. The number of amides is 4. The summed E-state index contributed by atoms with van der Waals surface area (Å²) in [6, 6.07) is 9.00. The molecule has 27 heavy (non-hydrogen) atoms. The van der Waals surface area contributed by atoms with E-state index in [9.17, 15) is 14.4 Å². The Bertz CT molecular complexity index is 568. The van der Waals surface area contributed by atoms with Crippen LogP contribution >= 0.6 is 0 Å². The van der Waals surface area contributed by atoms with Crippen molar-refractivity contribution in [1.29, 1.82) is 0 Å². The van der Waals surface area contributed by atoms with Crippen molar-refractivity contribution in [2.24, 2.45) is 0 Å². The van der Waals surface area contributed by atoms with Gasteiger partial charge in [-0.25, -0.2) is 25.2 Å². The fraction of sp³-hybridized carbons (Fsp3) is 0.500. The molecule has 150 valence electrons. The van der Waals surface area contributed by atoms with Crippen molar-refractivity contribution >= 4 is 18.2 Å². The molecule has 0 bridgehead atoms. The van der Waals surface area contributed by atoms with Crippen LogP contribution in [0.3, 0.4) is 0 Å². The number of carbonyl (C=O) groups is 3. The third-order valence-electron chi connectivity index (χ3n) is 3.42. The molecule has 0 unspecified atom stereocenters. The van der Waals surface area contributed by atoms with Crippen LogP contribution in [0, 0.1) is 0 Å². The zero-order valence-corrected chi connectivity index (χ0v) is 15.6. The van der Waals surface area contributed by atoms with Gasteiger partial charge < -0.3 is 20.1 Å².